The van der Waals surface area contributed by atoms with Gasteiger partial charge in [-0.1, -0.05) is 12.1 Å². The zero-order chi connectivity index (χ0) is 15.4. The molecule has 9 heteroatoms. The van der Waals surface area contributed by atoms with Crippen LogP contribution in [-0.2, 0) is 14.8 Å². The number of benzene rings is 1. The highest BCUT2D eigenvalue weighted by Gasteiger charge is 2.31. The monoisotopic (exact) mass is 309 g/mol. The molecular weight excluding hydrogens is 296 g/mol. The van der Waals surface area contributed by atoms with Crippen molar-refractivity contribution < 1.29 is 31.8 Å². The van der Waals surface area contributed by atoms with E-state index in [1.54, 1.807) is 4.72 Å². The molecule has 1 aromatic carbocycles. The van der Waals surface area contributed by atoms with Gasteiger partial charge in [0.15, 0.2) is 0 Å². The summed E-state index contributed by atoms with van der Waals surface area (Å²) < 4.78 is 55.6. The fraction of sp³-hybridized carbons (Fsp3) is 0.364. The number of halogens is 2. The van der Waals surface area contributed by atoms with Crippen molar-refractivity contribution in [2.75, 3.05) is 20.3 Å². The van der Waals surface area contributed by atoms with E-state index in [2.05, 4.69) is 4.74 Å². The van der Waals surface area contributed by atoms with Crippen molar-refractivity contribution >= 4 is 16.0 Å². The minimum Gasteiger partial charge on any atom is -0.465 e. The Morgan fingerprint density at radius 1 is 1.40 bits per heavy atom. The summed E-state index contributed by atoms with van der Waals surface area (Å²) in [7, 11) is -3.26. The Morgan fingerprint density at radius 3 is 2.55 bits per heavy atom. The molecule has 0 saturated carbocycles. The summed E-state index contributed by atoms with van der Waals surface area (Å²) in [6, 6.07) is 5.04. The number of hydrogen-bond acceptors (Lipinski definition) is 5. The average molecular weight is 309 g/mol. The molecule has 2 N–H and O–H groups in total. The molecule has 0 aliphatic rings. The number of esters is 1. The number of alkyl halides is 2. The molecule has 1 aromatic rings. The van der Waals surface area contributed by atoms with E-state index in [1.165, 1.54) is 18.2 Å². The summed E-state index contributed by atoms with van der Waals surface area (Å²) in [5.74, 6) is -4.49. The van der Waals surface area contributed by atoms with Crippen molar-refractivity contribution in [1.82, 2.24) is 4.72 Å². The van der Waals surface area contributed by atoms with E-state index in [1.807, 2.05) is 0 Å². The van der Waals surface area contributed by atoms with E-state index in [4.69, 9.17) is 5.11 Å². The smallest absolute Gasteiger partial charge is 0.339 e. The number of hydrogen-bond donors (Lipinski definition) is 2. The number of rotatable bonds is 6. The standard InChI is InChI=1S/C11H13F2NO5S/c1-19-10(16)8-4-2-3-5-9(8)20(17,18)14-6-11(12,13)7-15/h2-5,14-15H,6-7H2,1H3. The van der Waals surface area contributed by atoms with Crippen molar-refractivity contribution in [3.63, 3.8) is 0 Å². The van der Waals surface area contributed by atoms with Crippen LogP contribution in [0.3, 0.4) is 0 Å². The summed E-state index contributed by atoms with van der Waals surface area (Å²) in [5, 5.41) is 8.38. The molecule has 0 aromatic heterocycles. The van der Waals surface area contributed by atoms with Crippen LogP contribution in [0, 0.1) is 0 Å². The zero-order valence-electron chi connectivity index (χ0n) is 10.5. The molecule has 0 aliphatic heterocycles. The molecule has 0 bridgehead atoms. The third kappa shape index (κ3) is 3.95. The first-order valence-corrected chi connectivity index (χ1v) is 6.87. The molecule has 0 amide bonds. The second-order valence-corrected chi connectivity index (χ2v) is 5.56. The van der Waals surface area contributed by atoms with Crippen molar-refractivity contribution in [3.8, 4) is 0 Å². The third-order valence-electron chi connectivity index (χ3n) is 2.33. The van der Waals surface area contributed by atoms with Gasteiger partial charge in [0.1, 0.15) is 6.61 Å². The lowest BCUT2D eigenvalue weighted by Gasteiger charge is -2.15. The maximum atomic E-state index is 12.9. The number of methoxy groups -OCH3 is 1. The van der Waals surface area contributed by atoms with Crippen LogP contribution in [0.25, 0.3) is 0 Å². The molecule has 20 heavy (non-hydrogen) atoms. The van der Waals surface area contributed by atoms with Gasteiger partial charge >= 0.3 is 5.97 Å². The Kier molecular flexibility index (Phi) is 5.15. The highest BCUT2D eigenvalue weighted by Crippen LogP contribution is 2.18. The average Bonchev–Trinajstić information content (AvgIpc) is 2.44. The summed E-state index contributed by atoms with van der Waals surface area (Å²) >= 11 is 0. The van der Waals surface area contributed by atoms with E-state index < -0.39 is 40.0 Å². The summed E-state index contributed by atoms with van der Waals surface area (Å²) in [6.07, 6.45) is 0. The third-order valence-corrected chi connectivity index (χ3v) is 3.79. The fourth-order valence-electron chi connectivity index (χ4n) is 1.31. The van der Waals surface area contributed by atoms with E-state index in [9.17, 15) is 22.0 Å². The van der Waals surface area contributed by atoms with Crippen LogP contribution in [0.15, 0.2) is 29.2 Å². The van der Waals surface area contributed by atoms with Crippen molar-refractivity contribution in [1.29, 1.82) is 0 Å². The first-order valence-electron chi connectivity index (χ1n) is 5.39. The molecule has 1 rings (SSSR count). The van der Waals surface area contributed by atoms with Crippen LogP contribution in [0.1, 0.15) is 10.4 Å². The predicted molar refractivity (Wildman–Crippen MR) is 65.0 cm³/mol. The molecule has 0 heterocycles. The van der Waals surface area contributed by atoms with Crippen molar-refractivity contribution in [2.45, 2.75) is 10.8 Å². The number of sulfonamides is 1. The Labute approximate surface area is 114 Å². The molecular formula is C11H13F2NO5S. The van der Waals surface area contributed by atoms with Gasteiger partial charge in [-0.15, -0.1) is 0 Å². The minimum absolute atomic E-state index is 0.269. The first-order chi connectivity index (χ1) is 9.23. The Hall–Kier alpha value is -1.58. The van der Waals surface area contributed by atoms with Gasteiger partial charge in [0.25, 0.3) is 5.92 Å². The van der Waals surface area contributed by atoms with Crippen LogP contribution < -0.4 is 4.72 Å². The maximum Gasteiger partial charge on any atom is 0.339 e. The minimum atomic E-state index is -4.33. The van der Waals surface area contributed by atoms with Crippen molar-refractivity contribution in [3.05, 3.63) is 29.8 Å². The van der Waals surface area contributed by atoms with Crippen LogP contribution >= 0.6 is 0 Å². The van der Waals surface area contributed by atoms with Gasteiger partial charge in [-0.05, 0) is 12.1 Å². The van der Waals surface area contributed by atoms with Crippen LogP contribution in [0.5, 0.6) is 0 Å². The summed E-state index contributed by atoms with van der Waals surface area (Å²) in [4.78, 5) is 11.0. The van der Waals surface area contributed by atoms with Gasteiger partial charge in [0.05, 0.1) is 24.1 Å². The van der Waals surface area contributed by atoms with Gasteiger partial charge in [-0.2, -0.15) is 0 Å². The second-order valence-electron chi connectivity index (χ2n) is 3.83. The highest BCUT2D eigenvalue weighted by atomic mass is 32.2. The Balaban J connectivity index is 3.08. The Morgan fingerprint density at radius 2 is 2.00 bits per heavy atom. The fourth-order valence-corrected chi connectivity index (χ4v) is 2.57. The van der Waals surface area contributed by atoms with Gasteiger partial charge in [-0.3, -0.25) is 0 Å². The predicted octanol–water partition coefficient (Wildman–Crippen LogP) is 0.379. The number of aliphatic hydroxyl groups is 1. The molecule has 0 spiro atoms. The molecule has 0 fully saturated rings. The molecule has 0 unspecified atom stereocenters. The number of ether oxygens (including phenoxy) is 1. The van der Waals surface area contributed by atoms with Crippen LogP contribution in [-0.4, -0.2) is 45.7 Å². The van der Waals surface area contributed by atoms with Gasteiger partial charge < -0.3 is 9.84 Å². The summed E-state index contributed by atoms with van der Waals surface area (Å²) in [6.45, 7) is -2.77. The van der Waals surface area contributed by atoms with Crippen LogP contribution in [0.4, 0.5) is 8.78 Å². The normalized spacial score (nSPS) is 12.2. The number of nitrogens with one attached hydrogen (secondary N) is 1. The van der Waals surface area contributed by atoms with Crippen LogP contribution in [0.2, 0.25) is 0 Å². The summed E-state index contributed by atoms with van der Waals surface area (Å²) in [5.41, 5.74) is -0.269. The van der Waals surface area contributed by atoms with Crippen molar-refractivity contribution in [2.24, 2.45) is 0 Å². The van der Waals surface area contributed by atoms with Gasteiger partial charge in [0, 0.05) is 0 Å². The molecule has 0 atom stereocenters. The van der Waals surface area contributed by atoms with E-state index in [0.717, 1.165) is 13.2 Å². The first kappa shape index (κ1) is 16.5. The quantitative estimate of drug-likeness (QED) is 0.741. The van der Waals surface area contributed by atoms with Gasteiger partial charge in [-0.25, -0.2) is 26.7 Å². The Bertz CT molecular complexity index is 588. The molecule has 0 aliphatic carbocycles. The molecule has 0 saturated heterocycles. The molecule has 6 nitrogen and oxygen atoms in total. The SMILES string of the molecule is COC(=O)c1ccccc1S(=O)(=O)NCC(F)(F)CO. The topological polar surface area (TPSA) is 92.7 Å². The number of carbonyl (C=O) groups is 1. The maximum absolute atomic E-state index is 12.9. The number of aliphatic hydroxyl groups excluding tert-OH is 1. The lowest BCUT2D eigenvalue weighted by molar-refractivity contribution is -0.0437. The van der Waals surface area contributed by atoms with E-state index >= 15 is 0 Å². The second kappa shape index (κ2) is 6.25. The molecule has 0 radical (unpaired) electrons. The molecule has 112 valence electrons. The van der Waals surface area contributed by atoms with Gasteiger partial charge in [0.2, 0.25) is 10.0 Å². The lowest BCUT2D eigenvalue weighted by atomic mass is 10.2. The van der Waals surface area contributed by atoms with E-state index in [0.29, 0.717) is 0 Å². The zero-order valence-corrected chi connectivity index (χ0v) is 11.3. The lowest BCUT2D eigenvalue weighted by Crippen LogP contribution is -2.39. The largest absolute Gasteiger partial charge is 0.465 e. The van der Waals surface area contributed by atoms with E-state index in [-0.39, 0.29) is 5.56 Å². The number of carbonyl (C=O) groups excluding carboxylic acids is 1. The highest BCUT2D eigenvalue weighted by molar-refractivity contribution is 7.89.